The summed E-state index contributed by atoms with van der Waals surface area (Å²) < 4.78 is 41.6. The van der Waals surface area contributed by atoms with E-state index in [2.05, 4.69) is 0 Å². The van der Waals surface area contributed by atoms with E-state index in [9.17, 15) is 40.5 Å². The molecule has 13 atom stereocenters. The zero-order valence-electron chi connectivity index (χ0n) is 27.1. The Bertz CT molecular complexity index is 1630. The van der Waals surface area contributed by atoms with Gasteiger partial charge in [-0.05, 0) is 38.1 Å². The average Bonchev–Trinajstić information content (AvgIpc) is 3.05. The summed E-state index contributed by atoms with van der Waals surface area (Å²) in [5.74, 6) is -0.745. The summed E-state index contributed by atoms with van der Waals surface area (Å²) in [6.07, 6.45) is -12.4. The molecule has 3 aliphatic heterocycles. The SMILES string of the molecule is CC1[C@@H](O)[C@H](OC[C@H]2O[C@@H](Oc3cc(O)c4c(=O)cc(-c5ccc(O)cc5)oc4c3)[C@H](OC3C[C@H](O)[C@@H](O)[C@H](C)O3)C[C@@H]2O)O[C@@H](C)[C@@H]1O. The topological polar surface area (TPSA) is 227 Å². The van der Waals surface area contributed by atoms with Crippen molar-refractivity contribution in [1.29, 1.82) is 0 Å². The van der Waals surface area contributed by atoms with Gasteiger partial charge in [0.2, 0.25) is 6.29 Å². The largest absolute Gasteiger partial charge is 0.508 e. The summed E-state index contributed by atoms with van der Waals surface area (Å²) in [5.41, 5.74) is -0.0199. The summed E-state index contributed by atoms with van der Waals surface area (Å²) in [6, 6.07) is 9.82. The molecule has 0 amide bonds. The number of hydrogen-bond donors (Lipinski definition) is 7. The van der Waals surface area contributed by atoms with Crippen molar-refractivity contribution in [2.45, 2.75) is 107 Å². The molecule has 4 heterocycles. The molecule has 3 aliphatic rings. The molecule has 0 aliphatic carbocycles. The number of aromatic hydroxyl groups is 2. The molecular weight excluding hydrogens is 648 g/mol. The van der Waals surface area contributed by atoms with E-state index in [1.165, 1.54) is 30.3 Å². The molecular formula is C34H42O15. The van der Waals surface area contributed by atoms with Crippen LogP contribution in [-0.4, -0.2) is 116 Å². The first kappa shape index (κ1) is 35.5. The van der Waals surface area contributed by atoms with Crippen molar-refractivity contribution in [1.82, 2.24) is 0 Å². The van der Waals surface area contributed by atoms with Crippen molar-refractivity contribution in [3.63, 3.8) is 0 Å². The zero-order chi connectivity index (χ0) is 35.1. The molecule has 49 heavy (non-hydrogen) atoms. The van der Waals surface area contributed by atoms with Crippen molar-refractivity contribution in [3.05, 3.63) is 52.7 Å². The summed E-state index contributed by atoms with van der Waals surface area (Å²) in [7, 11) is 0. The Kier molecular flexibility index (Phi) is 10.5. The van der Waals surface area contributed by atoms with Crippen LogP contribution < -0.4 is 10.2 Å². The maximum Gasteiger partial charge on any atom is 0.227 e. The number of benzene rings is 2. The summed E-state index contributed by atoms with van der Waals surface area (Å²) in [5, 5.41) is 72.8. The molecule has 7 N–H and O–H groups in total. The van der Waals surface area contributed by atoms with Crippen molar-refractivity contribution in [2.24, 2.45) is 5.92 Å². The second-order valence-electron chi connectivity index (χ2n) is 12.9. The normalized spacial score (nSPS) is 36.9. The van der Waals surface area contributed by atoms with Gasteiger partial charge in [-0.25, -0.2) is 0 Å². The highest BCUT2D eigenvalue weighted by atomic mass is 16.8. The van der Waals surface area contributed by atoms with Crippen molar-refractivity contribution < 1.29 is 68.6 Å². The lowest BCUT2D eigenvalue weighted by Gasteiger charge is -2.43. The minimum Gasteiger partial charge on any atom is -0.508 e. The van der Waals surface area contributed by atoms with Gasteiger partial charge in [-0.3, -0.25) is 4.79 Å². The monoisotopic (exact) mass is 690 g/mol. The maximum atomic E-state index is 13.0. The Hall–Kier alpha value is -3.35. The van der Waals surface area contributed by atoms with E-state index in [-0.39, 0.29) is 47.7 Å². The Morgan fingerprint density at radius 1 is 0.796 bits per heavy atom. The molecule has 3 saturated heterocycles. The lowest BCUT2D eigenvalue weighted by molar-refractivity contribution is -0.324. The number of fused-ring (bicyclic) bond motifs is 1. The van der Waals surface area contributed by atoms with Crippen LogP contribution in [0.4, 0.5) is 0 Å². The first-order valence-electron chi connectivity index (χ1n) is 16.2. The van der Waals surface area contributed by atoms with Gasteiger partial charge in [0.1, 0.15) is 58.4 Å². The van der Waals surface area contributed by atoms with Crippen LogP contribution in [0.25, 0.3) is 22.3 Å². The Morgan fingerprint density at radius 2 is 1.51 bits per heavy atom. The van der Waals surface area contributed by atoms with Gasteiger partial charge in [-0.1, -0.05) is 6.92 Å². The third-order valence-corrected chi connectivity index (χ3v) is 9.32. The van der Waals surface area contributed by atoms with E-state index in [4.69, 9.17) is 32.8 Å². The molecule has 3 fully saturated rings. The zero-order valence-corrected chi connectivity index (χ0v) is 27.1. The molecule has 0 radical (unpaired) electrons. The number of aliphatic hydroxyl groups excluding tert-OH is 5. The van der Waals surface area contributed by atoms with E-state index < -0.39 is 90.9 Å². The van der Waals surface area contributed by atoms with Gasteiger partial charge in [0.15, 0.2) is 18.0 Å². The van der Waals surface area contributed by atoms with Crippen LogP contribution in [0.15, 0.2) is 51.7 Å². The van der Waals surface area contributed by atoms with Crippen LogP contribution in [0.5, 0.6) is 17.2 Å². The number of ether oxygens (including phenoxy) is 6. The minimum absolute atomic E-state index is 0.00539. The number of rotatable bonds is 8. The van der Waals surface area contributed by atoms with Crippen LogP contribution in [0.1, 0.15) is 33.6 Å². The fourth-order valence-corrected chi connectivity index (χ4v) is 6.32. The van der Waals surface area contributed by atoms with Crippen LogP contribution in [-0.2, 0) is 23.7 Å². The molecule has 268 valence electrons. The number of phenolic OH excluding ortho intramolecular Hbond substituents is 2. The van der Waals surface area contributed by atoms with E-state index >= 15 is 0 Å². The Labute approximate surface area is 280 Å². The minimum atomic E-state index is -1.28. The summed E-state index contributed by atoms with van der Waals surface area (Å²) in [4.78, 5) is 13.0. The third kappa shape index (κ3) is 7.56. The van der Waals surface area contributed by atoms with Gasteiger partial charge in [-0.15, -0.1) is 0 Å². The molecule has 3 aromatic rings. The van der Waals surface area contributed by atoms with E-state index in [0.717, 1.165) is 0 Å². The van der Waals surface area contributed by atoms with E-state index in [1.807, 2.05) is 0 Å². The van der Waals surface area contributed by atoms with Gasteiger partial charge < -0.3 is 68.6 Å². The van der Waals surface area contributed by atoms with E-state index in [1.54, 1.807) is 32.9 Å². The number of aliphatic hydroxyl groups is 5. The highest BCUT2D eigenvalue weighted by Crippen LogP contribution is 2.35. The Balaban J connectivity index is 1.25. The number of phenols is 2. The van der Waals surface area contributed by atoms with Gasteiger partial charge in [0.25, 0.3) is 0 Å². The molecule has 0 spiro atoms. The summed E-state index contributed by atoms with van der Waals surface area (Å²) in [6.45, 7) is 4.65. The predicted molar refractivity (Wildman–Crippen MR) is 168 cm³/mol. The van der Waals surface area contributed by atoms with Crippen LogP contribution in [0.3, 0.4) is 0 Å². The molecule has 0 saturated carbocycles. The van der Waals surface area contributed by atoms with Gasteiger partial charge in [0.05, 0.1) is 37.1 Å². The average molecular weight is 691 g/mol. The molecule has 2 aromatic carbocycles. The van der Waals surface area contributed by atoms with Crippen LogP contribution in [0, 0.1) is 5.92 Å². The molecule has 6 rings (SSSR count). The second kappa shape index (κ2) is 14.5. The Morgan fingerprint density at radius 3 is 2.22 bits per heavy atom. The van der Waals surface area contributed by atoms with Gasteiger partial charge >= 0.3 is 0 Å². The standard InChI is InChI=1S/C34H42O15/c1-14-30(40)15(2)45-34(31(14)41)43-13-27-20(36)10-26(48-28-12-23(39)32(42)16(3)44-28)33(49-27)46-19-8-21(37)29-22(38)11-24(47-25(29)9-19)17-4-6-18(35)7-5-17/h4-9,11,14-16,20,23,26-28,30-37,39-42H,10,12-13H2,1-3H3/t14?,15-,16-,20-,23-,26+,27+,28?,30+,31+,32-,33+,34+/m0/s1. The van der Waals surface area contributed by atoms with Crippen molar-refractivity contribution in [3.8, 4) is 28.6 Å². The van der Waals surface area contributed by atoms with Gasteiger partial charge in [0, 0.05) is 42.5 Å². The first-order valence-corrected chi connectivity index (χ1v) is 16.2. The van der Waals surface area contributed by atoms with Gasteiger partial charge in [-0.2, -0.15) is 0 Å². The maximum absolute atomic E-state index is 13.0. The second-order valence-corrected chi connectivity index (χ2v) is 12.9. The third-order valence-electron chi connectivity index (χ3n) is 9.32. The molecule has 0 bridgehead atoms. The lowest BCUT2D eigenvalue weighted by Crippen LogP contribution is -2.56. The lowest BCUT2D eigenvalue weighted by atomic mass is 9.91. The fourth-order valence-electron chi connectivity index (χ4n) is 6.32. The fraction of sp³-hybridized carbons (Fsp3) is 0.559. The smallest absolute Gasteiger partial charge is 0.227 e. The molecule has 2 unspecified atom stereocenters. The highest BCUT2D eigenvalue weighted by Gasteiger charge is 2.45. The van der Waals surface area contributed by atoms with Crippen molar-refractivity contribution >= 4 is 11.0 Å². The van der Waals surface area contributed by atoms with Crippen LogP contribution >= 0.6 is 0 Å². The number of hydrogen-bond acceptors (Lipinski definition) is 15. The van der Waals surface area contributed by atoms with Crippen LogP contribution in [0.2, 0.25) is 0 Å². The highest BCUT2D eigenvalue weighted by molar-refractivity contribution is 5.86. The van der Waals surface area contributed by atoms with Crippen molar-refractivity contribution in [2.75, 3.05) is 6.61 Å². The summed E-state index contributed by atoms with van der Waals surface area (Å²) >= 11 is 0. The quantitative estimate of drug-likeness (QED) is 0.176. The molecule has 15 heteroatoms. The predicted octanol–water partition coefficient (Wildman–Crippen LogP) is 1.09. The molecule has 15 nitrogen and oxygen atoms in total. The van der Waals surface area contributed by atoms with E-state index in [0.29, 0.717) is 5.56 Å². The first-order chi connectivity index (χ1) is 23.3. The molecule has 1 aromatic heterocycles.